The van der Waals surface area contributed by atoms with E-state index in [-0.39, 0.29) is 12.5 Å². The molecule has 0 saturated heterocycles. The van der Waals surface area contributed by atoms with Crippen LogP contribution in [0.15, 0.2) is 29.2 Å². The van der Waals surface area contributed by atoms with E-state index in [1.165, 1.54) is 51.4 Å². The summed E-state index contributed by atoms with van der Waals surface area (Å²) < 4.78 is 40.3. The SMILES string of the molecule is CCCCCCCCCCCCCC(=O)NCC(=O)Oc1ccc(S(CCCC)(CCCC)OS(=O)(=O)OC)cc1. The lowest BCUT2D eigenvalue weighted by Gasteiger charge is -2.38. The van der Waals surface area contributed by atoms with Gasteiger partial charge in [0.25, 0.3) is 0 Å². The number of ether oxygens (including phenoxy) is 1. The number of hydrogen-bond acceptors (Lipinski definition) is 7. The van der Waals surface area contributed by atoms with E-state index >= 15 is 0 Å². The zero-order chi connectivity index (χ0) is 30.4. The fourth-order valence-corrected chi connectivity index (χ4v) is 9.69. The summed E-state index contributed by atoms with van der Waals surface area (Å²) in [6.07, 6.45) is 17.3. The molecule has 0 fully saturated rings. The van der Waals surface area contributed by atoms with Crippen LogP contribution in [0.1, 0.15) is 124 Å². The van der Waals surface area contributed by atoms with Gasteiger partial charge in [-0.15, -0.1) is 0 Å². The van der Waals surface area contributed by atoms with Crippen LogP contribution in [0, 0.1) is 0 Å². The van der Waals surface area contributed by atoms with Crippen molar-refractivity contribution in [3.63, 3.8) is 0 Å². The van der Waals surface area contributed by atoms with Crippen molar-refractivity contribution in [3.8, 4) is 5.75 Å². The molecule has 0 aromatic heterocycles. The van der Waals surface area contributed by atoms with Crippen molar-refractivity contribution in [1.82, 2.24) is 5.32 Å². The summed E-state index contributed by atoms with van der Waals surface area (Å²) in [7, 11) is -5.21. The van der Waals surface area contributed by atoms with Gasteiger partial charge in [-0.2, -0.15) is 12.0 Å². The molecule has 1 amide bonds. The molecule has 8 nitrogen and oxygen atoms in total. The molecule has 0 saturated carbocycles. The molecule has 1 N–H and O–H groups in total. The maximum Gasteiger partial charge on any atom is 0.409 e. The molecule has 0 bridgehead atoms. The molecule has 0 radical (unpaired) electrons. The molecule has 1 aromatic carbocycles. The first-order valence-electron chi connectivity index (χ1n) is 15.6. The van der Waals surface area contributed by atoms with Gasteiger partial charge in [-0.3, -0.25) is 8.98 Å². The fraction of sp³-hybridized carbons (Fsp3) is 0.742. The Hall–Kier alpha value is -1.62. The molecule has 0 unspecified atom stereocenters. The highest BCUT2D eigenvalue weighted by atomic mass is 32.3. The summed E-state index contributed by atoms with van der Waals surface area (Å²) in [6.45, 7) is 6.14. The van der Waals surface area contributed by atoms with E-state index in [0.29, 0.717) is 23.7 Å². The third kappa shape index (κ3) is 16.6. The Kier molecular flexibility index (Phi) is 20.1. The second kappa shape index (κ2) is 22.0. The number of hydrogen-bond donors (Lipinski definition) is 1. The van der Waals surface area contributed by atoms with Crippen molar-refractivity contribution in [2.75, 3.05) is 25.2 Å². The molecule has 10 heteroatoms. The van der Waals surface area contributed by atoms with Crippen LogP contribution < -0.4 is 10.1 Å². The smallest absolute Gasteiger partial charge is 0.409 e. The minimum absolute atomic E-state index is 0.148. The summed E-state index contributed by atoms with van der Waals surface area (Å²) in [5.41, 5.74) is 0. The van der Waals surface area contributed by atoms with Crippen LogP contribution in [0.25, 0.3) is 0 Å². The molecule has 0 heterocycles. The number of benzene rings is 1. The van der Waals surface area contributed by atoms with Crippen molar-refractivity contribution in [1.29, 1.82) is 0 Å². The minimum Gasteiger partial charge on any atom is -0.425 e. The molecule has 0 spiro atoms. The average molecular weight is 618 g/mol. The number of carbonyl (C=O) groups is 2. The molecule has 1 rings (SSSR count). The van der Waals surface area contributed by atoms with Crippen LogP contribution in [0.2, 0.25) is 0 Å². The van der Waals surface area contributed by atoms with Crippen LogP contribution in [0.4, 0.5) is 0 Å². The summed E-state index contributed by atoms with van der Waals surface area (Å²) in [4.78, 5) is 25.2. The lowest BCUT2D eigenvalue weighted by molar-refractivity contribution is -0.135. The summed E-state index contributed by atoms with van der Waals surface area (Å²) in [5.74, 6) is 0.809. The standard InChI is InChI=1S/C31H55NO7S2/c1-5-8-11-12-13-14-15-16-17-18-19-20-30(33)32-27-31(34)38-28-21-23-29(24-22-28)40(25-9-6-2,26-10-7-3)39-41(35,36)37-4/h21-24H,5-20,25-27H2,1-4H3,(H,32,33). The van der Waals surface area contributed by atoms with Gasteiger partial charge in [0.1, 0.15) is 12.3 Å². The third-order valence-electron chi connectivity index (χ3n) is 7.00. The molecular formula is C31H55NO7S2. The number of esters is 1. The maximum atomic E-state index is 12.3. The fourth-order valence-electron chi connectivity index (χ4n) is 4.52. The monoisotopic (exact) mass is 617 g/mol. The van der Waals surface area contributed by atoms with Gasteiger partial charge in [0.2, 0.25) is 5.91 Å². The molecule has 0 aliphatic rings. The Balaban J connectivity index is 2.50. The van der Waals surface area contributed by atoms with Crippen molar-refractivity contribution >= 4 is 32.6 Å². The van der Waals surface area contributed by atoms with E-state index in [2.05, 4.69) is 16.4 Å². The normalized spacial score (nSPS) is 12.3. The van der Waals surface area contributed by atoms with Gasteiger partial charge in [0, 0.05) is 22.8 Å². The first kappa shape index (κ1) is 37.4. The highest BCUT2D eigenvalue weighted by molar-refractivity contribution is 8.32. The second-order valence-electron chi connectivity index (χ2n) is 10.6. The van der Waals surface area contributed by atoms with E-state index < -0.39 is 26.7 Å². The summed E-state index contributed by atoms with van der Waals surface area (Å²) in [5, 5.41) is 2.64. The second-order valence-corrected chi connectivity index (χ2v) is 15.2. The van der Waals surface area contributed by atoms with Crippen LogP contribution in [0.5, 0.6) is 5.75 Å². The number of carbonyl (C=O) groups excluding carboxylic acids is 2. The minimum atomic E-state index is -4.14. The third-order valence-corrected chi connectivity index (χ3v) is 12.1. The Morgan fingerprint density at radius 1 is 0.707 bits per heavy atom. The number of unbranched alkanes of at least 4 members (excludes halogenated alkanes) is 12. The lowest BCUT2D eigenvalue weighted by atomic mass is 10.1. The zero-order valence-corrected chi connectivity index (χ0v) is 27.6. The van der Waals surface area contributed by atoms with Crippen LogP contribution >= 0.6 is 10.3 Å². The van der Waals surface area contributed by atoms with Gasteiger partial charge in [-0.1, -0.05) is 108 Å². The first-order chi connectivity index (χ1) is 19.7. The van der Waals surface area contributed by atoms with Crippen LogP contribution in [-0.2, 0) is 27.8 Å². The molecule has 0 aliphatic heterocycles. The van der Waals surface area contributed by atoms with Crippen molar-refractivity contribution < 1.29 is 30.6 Å². The van der Waals surface area contributed by atoms with Crippen molar-refractivity contribution in [2.24, 2.45) is 0 Å². The van der Waals surface area contributed by atoms with Gasteiger partial charge in [-0.25, -0.2) is 4.79 Å². The molecular weight excluding hydrogens is 562 g/mol. The molecule has 1 aromatic rings. The summed E-state index contributed by atoms with van der Waals surface area (Å²) in [6, 6.07) is 6.81. The van der Waals surface area contributed by atoms with Gasteiger partial charge in [0.05, 0.1) is 7.11 Å². The van der Waals surface area contributed by atoms with Crippen LogP contribution in [-0.4, -0.2) is 45.5 Å². The average Bonchev–Trinajstić information content (AvgIpc) is 2.96. The van der Waals surface area contributed by atoms with E-state index in [1.807, 2.05) is 13.8 Å². The van der Waals surface area contributed by atoms with Gasteiger partial charge in [0.15, 0.2) is 0 Å². The van der Waals surface area contributed by atoms with Crippen molar-refractivity contribution in [3.05, 3.63) is 24.3 Å². The molecule has 41 heavy (non-hydrogen) atoms. The highest BCUT2D eigenvalue weighted by Gasteiger charge is 2.33. The first-order valence-corrected chi connectivity index (χ1v) is 18.8. The Bertz CT molecular complexity index is 944. The molecule has 238 valence electrons. The Labute approximate surface area is 251 Å². The number of amides is 1. The quantitative estimate of drug-likeness (QED) is 0.0673. The topological polar surface area (TPSA) is 108 Å². The van der Waals surface area contributed by atoms with Gasteiger partial charge >= 0.3 is 16.4 Å². The van der Waals surface area contributed by atoms with E-state index in [1.54, 1.807) is 24.3 Å². The predicted molar refractivity (Wildman–Crippen MR) is 169 cm³/mol. The highest BCUT2D eigenvalue weighted by Crippen LogP contribution is 2.59. The van der Waals surface area contributed by atoms with E-state index in [4.69, 9.17) is 8.37 Å². The van der Waals surface area contributed by atoms with E-state index in [0.717, 1.165) is 57.0 Å². The molecule has 0 aliphatic carbocycles. The van der Waals surface area contributed by atoms with Gasteiger partial charge in [-0.05, 0) is 43.5 Å². The Morgan fingerprint density at radius 2 is 1.20 bits per heavy atom. The zero-order valence-electron chi connectivity index (χ0n) is 25.9. The van der Waals surface area contributed by atoms with Gasteiger partial charge < -0.3 is 10.1 Å². The van der Waals surface area contributed by atoms with Crippen molar-refractivity contribution in [2.45, 2.75) is 128 Å². The number of rotatable bonds is 25. The van der Waals surface area contributed by atoms with Crippen LogP contribution in [0.3, 0.4) is 0 Å². The number of nitrogens with one attached hydrogen (secondary N) is 1. The maximum absolute atomic E-state index is 12.3. The molecule has 0 atom stereocenters. The summed E-state index contributed by atoms with van der Waals surface area (Å²) >= 11 is 0. The predicted octanol–water partition coefficient (Wildman–Crippen LogP) is 8.00. The van der Waals surface area contributed by atoms with E-state index in [9.17, 15) is 18.0 Å². The largest absolute Gasteiger partial charge is 0.425 e. The lowest BCUT2D eigenvalue weighted by Crippen LogP contribution is -2.31. The Morgan fingerprint density at radius 3 is 1.68 bits per heavy atom.